The van der Waals surface area contributed by atoms with E-state index in [0.717, 1.165) is 5.56 Å². The smallest absolute Gasteiger partial charge is 0.317 e. The zero-order chi connectivity index (χ0) is 24.7. The fraction of sp³-hybridized carbons (Fsp3) is 0.304. The van der Waals surface area contributed by atoms with Gasteiger partial charge >= 0.3 is 6.03 Å². The number of aliphatic imine (C=N–C) groups is 1. The molecule has 11 heteroatoms. The summed E-state index contributed by atoms with van der Waals surface area (Å²) in [4.78, 5) is 31.0. The number of Topliss-reactive ketones (excluding diaryl/α,β-unsaturated/α-hetero) is 1. The van der Waals surface area contributed by atoms with Crippen LogP contribution in [0.15, 0.2) is 45.9 Å². The van der Waals surface area contributed by atoms with Crippen molar-refractivity contribution in [1.82, 2.24) is 15.7 Å². The highest BCUT2D eigenvalue weighted by Crippen LogP contribution is 2.24. The number of carbonyl (C=O) groups is 2. The number of hydroxylamine groups is 1. The highest BCUT2D eigenvalue weighted by molar-refractivity contribution is 9.10. The molecule has 1 fully saturated rings. The number of ketones is 1. The van der Waals surface area contributed by atoms with Gasteiger partial charge in [0, 0.05) is 25.6 Å². The number of hydrogen-bond acceptors (Lipinski definition) is 6. The van der Waals surface area contributed by atoms with Gasteiger partial charge in [-0.25, -0.2) is 19.7 Å². The molecule has 3 rings (SSSR count). The number of rotatable bonds is 6. The molecule has 0 radical (unpaired) electrons. The van der Waals surface area contributed by atoms with Crippen LogP contribution in [0.3, 0.4) is 0 Å². The van der Waals surface area contributed by atoms with Crippen molar-refractivity contribution in [1.29, 1.82) is 5.26 Å². The Labute approximate surface area is 204 Å². The van der Waals surface area contributed by atoms with Gasteiger partial charge in [-0.2, -0.15) is 5.26 Å². The van der Waals surface area contributed by atoms with Crippen molar-refractivity contribution in [2.45, 2.75) is 19.4 Å². The molecule has 9 nitrogen and oxygen atoms in total. The molecule has 0 saturated carbocycles. The molecule has 34 heavy (non-hydrogen) atoms. The van der Waals surface area contributed by atoms with Crippen LogP contribution in [0.4, 0.5) is 14.9 Å². The zero-order valence-corrected chi connectivity index (χ0v) is 19.9. The number of benzene rings is 2. The summed E-state index contributed by atoms with van der Waals surface area (Å²) in [6.07, 6.45) is 0.815. The van der Waals surface area contributed by atoms with Gasteiger partial charge < -0.3 is 15.0 Å². The molecular formula is C23H23BrFN5O4. The molecular weight excluding hydrogens is 509 g/mol. The third-order valence-corrected chi connectivity index (χ3v) is 6.07. The van der Waals surface area contributed by atoms with Crippen LogP contribution in [0, 0.1) is 23.1 Å². The second-order valence-electron chi connectivity index (χ2n) is 7.60. The number of halogens is 2. The monoisotopic (exact) mass is 531 g/mol. The number of methoxy groups -OCH3 is 1. The van der Waals surface area contributed by atoms with Gasteiger partial charge in [0.25, 0.3) is 0 Å². The Balaban J connectivity index is 1.55. The summed E-state index contributed by atoms with van der Waals surface area (Å²) in [7, 11) is 1.48. The molecule has 1 aliphatic rings. The SMILES string of the molecule is COc1cc(CNC(=O)N2CCC(C(=O)C(=Nc3ccc(F)c(Br)c3)NO)CC2)ccc1C#N. The maximum absolute atomic E-state index is 13.4. The van der Waals surface area contributed by atoms with E-state index in [0.29, 0.717) is 42.9 Å². The number of piperidine rings is 1. The summed E-state index contributed by atoms with van der Waals surface area (Å²) in [6, 6.07) is 10.8. The molecule has 1 aliphatic heterocycles. The van der Waals surface area contributed by atoms with E-state index in [2.05, 4.69) is 26.2 Å². The van der Waals surface area contributed by atoms with E-state index in [-0.39, 0.29) is 28.7 Å². The maximum Gasteiger partial charge on any atom is 0.317 e. The van der Waals surface area contributed by atoms with Gasteiger partial charge in [0.05, 0.1) is 22.8 Å². The summed E-state index contributed by atoms with van der Waals surface area (Å²) >= 11 is 3.06. The van der Waals surface area contributed by atoms with Crippen molar-refractivity contribution in [3.63, 3.8) is 0 Å². The van der Waals surface area contributed by atoms with E-state index >= 15 is 0 Å². The average Bonchev–Trinajstić information content (AvgIpc) is 2.87. The molecule has 2 aromatic carbocycles. The highest BCUT2D eigenvalue weighted by Gasteiger charge is 2.30. The average molecular weight is 532 g/mol. The van der Waals surface area contributed by atoms with Gasteiger partial charge in [0.2, 0.25) is 5.78 Å². The number of nitrogens with one attached hydrogen (secondary N) is 2. The Morgan fingerprint density at radius 3 is 2.65 bits per heavy atom. The van der Waals surface area contributed by atoms with Gasteiger partial charge in [0.1, 0.15) is 17.6 Å². The predicted octanol–water partition coefficient (Wildman–Crippen LogP) is 3.67. The van der Waals surface area contributed by atoms with E-state index in [9.17, 15) is 19.2 Å². The van der Waals surface area contributed by atoms with Crippen molar-refractivity contribution in [3.05, 3.63) is 57.8 Å². The lowest BCUT2D eigenvalue weighted by Gasteiger charge is -2.31. The van der Waals surface area contributed by atoms with E-state index in [1.165, 1.54) is 25.3 Å². The number of hydrogen-bond donors (Lipinski definition) is 3. The molecule has 2 aromatic rings. The Hall–Kier alpha value is -3.49. The van der Waals surface area contributed by atoms with Crippen LogP contribution in [0.2, 0.25) is 0 Å². The lowest BCUT2D eigenvalue weighted by Crippen LogP contribution is -2.46. The first-order valence-corrected chi connectivity index (χ1v) is 11.2. The van der Waals surface area contributed by atoms with E-state index in [1.807, 2.05) is 11.5 Å². The molecule has 0 unspecified atom stereocenters. The number of amidine groups is 1. The molecule has 1 saturated heterocycles. The second-order valence-corrected chi connectivity index (χ2v) is 8.46. The van der Waals surface area contributed by atoms with Crippen molar-refractivity contribution >= 4 is 39.3 Å². The van der Waals surface area contributed by atoms with Crippen LogP contribution in [-0.2, 0) is 11.3 Å². The number of nitriles is 1. The number of urea groups is 1. The summed E-state index contributed by atoms with van der Waals surface area (Å²) in [5.74, 6) is -1.07. The van der Waals surface area contributed by atoms with Crippen molar-refractivity contribution in [2.24, 2.45) is 10.9 Å². The van der Waals surface area contributed by atoms with Crippen LogP contribution >= 0.6 is 15.9 Å². The first-order chi connectivity index (χ1) is 16.4. The molecule has 2 amide bonds. The summed E-state index contributed by atoms with van der Waals surface area (Å²) in [5, 5.41) is 21.3. The molecule has 0 bridgehead atoms. The molecule has 3 N–H and O–H groups in total. The third-order valence-electron chi connectivity index (χ3n) is 5.47. The van der Waals surface area contributed by atoms with Gasteiger partial charge in [-0.05, 0) is 64.7 Å². The molecule has 0 aliphatic carbocycles. The van der Waals surface area contributed by atoms with Gasteiger partial charge in [0.15, 0.2) is 5.84 Å². The minimum Gasteiger partial charge on any atom is -0.495 e. The zero-order valence-electron chi connectivity index (χ0n) is 18.3. The number of carbonyl (C=O) groups excluding carboxylic acids is 2. The third kappa shape index (κ3) is 6.09. The Morgan fingerprint density at radius 2 is 2.03 bits per heavy atom. The van der Waals surface area contributed by atoms with E-state index in [4.69, 9.17) is 10.00 Å². The highest BCUT2D eigenvalue weighted by atomic mass is 79.9. The van der Waals surface area contributed by atoms with Crippen LogP contribution in [0.5, 0.6) is 5.75 Å². The summed E-state index contributed by atoms with van der Waals surface area (Å²) in [6.45, 7) is 0.984. The molecule has 0 aromatic heterocycles. The number of ether oxygens (including phenoxy) is 1. The lowest BCUT2D eigenvalue weighted by molar-refractivity contribution is -0.118. The quantitative estimate of drug-likeness (QED) is 0.296. The minimum atomic E-state index is -0.465. The molecule has 1 heterocycles. The topological polar surface area (TPSA) is 127 Å². The van der Waals surface area contributed by atoms with Crippen molar-refractivity contribution in [2.75, 3.05) is 20.2 Å². The van der Waals surface area contributed by atoms with Crippen LogP contribution in [0.25, 0.3) is 0 Å². The lowest BCUT2D eigenvalue weighted by atomic mass is 9.92. The number of amides is 2. The standard InChI is InChI=1S/C23H23BrFN5O4/c1-34-20-10-14(2-3-16(20)12-26)13-27-23(32)30-8-6-15(7-9-30)21(31)22(29-33)28-17-4-5-19(25)18(24)11-17/h2-5,10-11,15,33H,6-9,13H2,1H3,(H,27,32)(H,28,29). The van der Waals surface area contributed by atoms with E-state index < -0.39 is 11.7 Å². The van der Waals surface area contributed by atoms with Crippen LogP contribution < -0.4 is 15.5 Å². The Morgan fingerprint density at radius 1 is 1.29 bits per heavy atom. The minimum absolute atomic E-state index is 0.192. The molecule has 0 spiro atoms. The largest absolute Gasteiger partial charge is 0.495 e. The van der Waals surface area contributed by atoms with Gasteiger partial charge in [-0.3, -0.25) is 10.0 Å². The molecule has 178 valence electrons. The molecule has 0 atom stereocenters. The fourth-order valence-corrected chi connectivity index (χ4v) is 3.95. The van der Waals surface area contributed by atoms with Crippen molar-refractivity contribution in [3.8, 4) is 11.8 Å². The predicted molar refractivity (Wildman–Crippen MR) is 125 cm³/mol. The summed E-state index contributed by atoms with van der Waals surface area (Å²) < 4.78 is 18.8. The Bertz CT molecular complexity index is 1140. The fourth-order valence-electron chi connectivity index (χ4n) is 3.58. The number of likely N-dealkylation sites (tertiary alicyclic amines) is 1. The second kappa shape index (κ2) is 11.6. The van der Waals surface area contributed by atoms with Crippen LogP contribution in [0.1, 0.15) is 24.0 Å². The first kappa shape index (κ1) is 25.1. The van der Waals surface area contributed by atoms with Crippen molar-refractivity contribution < 1.29 is 23.9 Å². The van der Waals surface area contributed by atoms with Gasteiger partial charge in [-0.1, -0.05) is 6.07 Å². The number of nitrogens with zero attached hydrogens (tertiary/aromatic N) is 3. The maximum atomic E-state index is 13.4. The first-order valence-electron chi connectivity index (χ1n) is 10.4. The Kier molecular flexibility index (Phi) is 8.56. The van der Waals surface area contributed by atoms with Crippen LogP contribution in [-0.4, -0.2) is 48.0 Å². The van der Waals surface area contributed by atoms with E-state index in [1.54, 1.807) is 23.1 Å². The van der Waals surface area contributed by atoms with Gasteiger partial charge in [-0.15, -0.1) is 0 Å². The normalized spacial score (nSPS) is 14.3. The summed E-state index contributed by atoms with van der Waals surface area (Å²) in [5.41, 5.74) is 3.34.